The topological polar surface area (TPSA) is 34.1 Å². The number of pyridine rings is 1. The first kappa shape index (κ1) is 13.1. The zero-order chi connectivity index (χ0) is 12.8. The van der Waals surface area contributed by atoms with Crippen LogP contribution in [-0.4, -0.2) is 11.5 Å². The van der Waals surface area contributed by atoms with Crippen LogP contribution in [0.3, 0.4) is 0 Å². The number of aromatic nitrogens is 1. The fourth-order valence-corrected chi connectivity index (χ4v) is 1.85. The highest BCUT2D eigenvalue weighted by atomic mass is 127. The lowest BCUT2D eigenvalue weighted by Gasteiger charge is -2.07. The third-order valence-corrected chi connectivity index (χ3v) is 3.12. The summed E-state index contributed by atoms with van der Waals surface area (Å²) in [6.45, 7) is 3.47. The largest absolute Gasteiger partial charge is 0.489 e. The van der Waals surface area contributed by atoms with Crippen molar-refractivity contribution in [3.05, 3.63) is 51.7 Å². The van der Waals surface area contributed by atoms with Gasteiger partial charge in [0.15, 0.2) is 0 Å². The molecule has 0 radical (unpaired) electrons. The highest BCUT2D eigenvalue weighted by molar-refractivity contribution is 14.1. The predicted molar refractivity (Wildman–Crippen MR) is 81.9 cm³/mol. The number of nitrogens with zero attached hydrogens (tertiary/aromatic N) is 1. The molecule has 0 fully saturated rings. The molecule has 0 aliphatic carbocycles. The number of halogens is 1. The zero-order valence-corrected chi connectivity index (χ0v) is 12.3. The van der Waals surface area contributed by atoms with Crippen LogP contribution in [-0.2, 0) is 6.61 Å². The molecular formula is C14H15IN2O. The Morgan fingerprint density at radius 1 is 1.17 bits per heavy atom. The third-order valence-electron chi connectivity index (χ3n) is 2.40. The van der Waals surface area contributed by atoms with E-state index in [1.165, 1.54) is 3.57 Å². The summed E-state index contributed by atoms with van der Waals surface area (Å²) in [5.74, 6) is 1.78. The Kier molecular flexibility index (Phi) is 4.81. The van der Waals surface area contributed by atoms with Gasteiger partial charge in [0.2, 0.25) is 0 Å². The maximum atomic E-state index is 5.68. The summed E-state index contributed by atoms with van der Waals surface area (Å²) >= 11 is 2.28. The van der Waals surface area contributed by atoms with Gasteiger partial charge in [-0.25, -0.2) is 4.98 Å². The van der Waals surface area contributed by atoms with Crippen molar-refractivity contribution in [2.45, 2.75) is 13.5 Å². The van der Waals surface area contributed by atoms with E-state index in [1.54, 1.807) is 0 Å². The molecule has 0 spiro atoms. The van der Waals surface area contributed by atoms with Gasteiger partial charge in [-0.05, 0) is 59.8 Å². The highest BCUT2D eigenvalue weighted by Crippen LogP contribution is 2.15. The van der Waals surface area contributed by atoms with Crippen LogP contribution in [0.4, 0.5) is 5.82 Å². The van der Waals surface area contributed by atoms with Crippen molar-refractivity contribution in [3.63, 3.8) is 0 Å². The minimum atomic E-state index is 0.542. The van der Waals surface area contributed by atoms with Gasteiger partial charge >= 0.3 is 0 Å². The molecule has 1 N–H and O–H groups in total. The van der Waals surface area contributed by atoms with E-state index in [2.05, 4.69) is 39.8 Å². The van der Waals surface area contributed by atoms with Gasteiger partial charge in [0, 0.05) is 21.9 Å². The predicted octanol–water partition coefficient (Wildman–Crippen LogP) is 3.70. The number of ether oxygens (including phenoxy) is 1. The Balaban J connectivity index is 1.91. The summed E-state index contributed by atoms with van der Waals surface area (Å²) in [4.78, 5) is 4.30. The van der Waals surface area contributed by atoms with Crippen molar-refractivity contribution in [3.8, 4) is 5.75 Å². The van der Waals surface area contributed by atoms with E-state index in [9.17, 15) is 0 Å². The monoisotopic (exact) mass is 354 g/mol. The van der Waals surface area contributed by atoms with E-state index in [-0.39, 0.29) is 0 Å². The highest BCUT2D eigenvalue weighted by Gasteiger charge is 1.97. The molecule has 18 heavy (non-hydrogen) atoms. The van der Waals surface area contributed by atoms with E-state index in [1.807, 2.05) is 42.6 Å². The van der Waals surface area contributed by atoms with Gasteiger partial charge in [0.25, 0.3) is 0 Å². The molecule has 1 aromatic heterocycles. The lowest BCUT2D eigenvalue weighted by atomic mass is 10.3. The fraction of sp³-hybridized carbons (Fsp3) is 0.214. The molecule has 1 heterocycles. The maximum Gasteiger partial charge on any atom is 0.125 e. The van der Waals surface area contributed by atoms with Gasteiger partial charge < -0.3 is 10.1 Å². The van der Waals surface area contributed by atoms with Crippen LogP contribution in [0.5, 0.6) is 5.75 Å². The summed E-state index contributed by atoms with van der Waals surface area (Å²) < 4.78 is 6.89. The number of hydrogen-bond acceptors (Lipinski definition) is 3. The molecule has 0 amide bonds. The van der Waals surface area contributed by atoms with Crippen LogP contribution < -0.4 is 10.1 Å². The van der Waals surface area contributed by atoms with Gasteiger partial charge in [-0.3, -0.25) is 0 Å². The molecule has 4 heteroatoms. The van der Waals surface area contributed by atoms with Crippen LogP contribution in [0.2, 0.25) is 0 Å². The van der Waals surface area contributed by atoms with Crippen molar-refractivity contribution in [2.24, 2.45) is 0 Å². The Bertz CT molecular complexity index is 482. The van der Waals surface area contributed by atoms with E-state index in [4.69, 9.17) is 4.74 Å². The first-order valence-electron chi connectivity index (χ1n) is 5.85. The van der Waals surface area contributed by atoms with E-state index >= 15 is 0 Å². The molecule has 0 aliphatic rings. The van der Waals surface area contributed by atoms with Gasteiger partial charge in [-0.2, -0.15) is 0 Å². The average Bonchev–Trinajstić information content (AvgIpc) is 2.40. The fourth-order valence-electron chi connectivity index (χ4n) is 1.49. The zero-order valence-electron chi connectivity index (χ0n) is 10.2. The smallest absolute Gasteiger partial charge is 0.125 e. The number of nitrogens with one attached hydrogen (secondary N) is 1. The number of rotatable bonds is 5. The number of hydrogen-bond donors (Lipinski definition) is 1. The van der Waals surface area contributed by atoms with Gasteiger partial charge in [-0.1, -0.05) is 6.07 Å². The molecule has 0 saturated carbocycles. The Labute approximate surface area is 121 Å². The minimum Gasteiger partial charge on any atom is -0.489 e. The van der Waals surface area contributed by atoms with Crippen LogP contribution in [0.1, 0.15) is 12.5 Å². The molecule has 2 aromatic rings. The van der Waals surface area contributed by atoms with Crippen molar-refractivity contribution in [2.75, 3.05) is 11.9 Å². The summed E-state index contributed by atoms with van der Waals surface area (Å²) in [7, 11) is 0. The summed E-state index contributed by atoms with van der Waals surface area (Å²) in [6, 6.07) is 12.0. The average molecular weight is 354 g/mol. The second kappa shape index (κ2) is 6.58. The van der Waals surface area contributed by atoms with Gasteiger partial charge in [-0.15, -0.1) is 0 Å². The number of benzene rings is 1. The van der Waals surface area contributed by atoms with Crippen LogP contribution in [0, 0.1) is 3.57 Å². The molecule has 3 nitrogen and oxygen atoms in total. The SMILES string of the molecule is CCNc1ccc(COc2ccc(I)cc2)cn1. The van der Waals surface area contributed by atoms with Crippen LogP contribution >= 0.6 is 22.6 Å². The van der Waals surface area contributed by atoms with Crippen molar-refractivity contribution >= 4 is 28.4 Å². The van der Waals surface area contributed by atoms with Crippen LogP contribution in [0.15, 0.2) is 42.6 Å². The maximum absolute atomic E-state index is 5.68. The molecule has 94 valence electrons. The van der Waals surface area contributed by atoms with Crippen LogP contribution in [0.25, 0.3) is 0 Å². The molecule has 0 atom stereocenters. The van der Waals surface area contributed by atoms with Crippen molar-refractivity contribution in [1.82, 2.24) is 4.98 Å². The molecule has 0 saturated heterocycles. The van der Waals surface area contributed by atoms with E-state index in [0.29, 0.717) is 6.61 Å². The molecule has 0 aliphatic heterocycles. The van der Waals surface area contributed by atoms with Crippen molar-refractivity contribution < 1.29 is 4.74 Å². The summed E-state index contributed by atoms with van der Waals surface area (Å²) in [6.07, 6.45) is 1.84. The third kappa shape index (κ3) is 3.87. The molecule has 0 bridgehead atoms. The van der Waals surface area contributed by atoms with Gasteiger partial charge in [0.1, 0.15) is 18.2 Å². The van der Waals surface area contributed by atoms with E-state index < -0.39 is 0 Å². The molecule has 1 aromatic carbocycles. The molecule has 0 unspecified atom stereocenters. The quantitative estimate of drug-likeness (QED) is 0.832. The number of anilines is 1. The van der Waals surface area contributed by atoms with E-state index in [0.717, 1.165) is 23.7 Å². The molecular weight excluding hydrogens is 339 g/mol. The first-order chi connectivity index (χ1) is 8.78. The Morgan fingerprint density at radius 2 is 1.94 bits per heavy atom. The second-order valence-electron chi connectivity index (χ2n) is 3.82. The first-order valence-corrected chi connectivity index (χ1v) is 6.93. The standard InChI is InChI=1S/C14H15IN2O/c1-2-16-14-8-3-11(9-17-14)10-18-13-6-4-12(15)5-7-13/h3-9H,2,10H2,1H3,(H,16,17). The Hall–Kier alpha value is -1.30. The molecule has 2 rings (SSSR count). The summed E-state index contributed by atoms with van der Waals surface area (Å²) in [5, 5.41) is 3.16. The van der Waals surface area contributed by atoms with Crippen molar-refractivity contribution in [1.29, 1.82) is 0 Å². The minimum absolute atomic E-state index is 0.542. The summed E-state index contributed by atoms with van der Waals surface area (Å²) in [5.41, 5.74) is 1.07. The normalized spacial score (nSPS) is 10.1. The van der Waals surface area contributed by atoms with Gasteiger partial charge in [0.05, 0.1) is 0 Å². The lowest BCUT2D eigenvalue weighted by Crippen LogP contribution is -2.00. The second-order valence-corrected chi connectivity index (χ2v) is 5.07. The lowest BCUT2D eigenvalue weighted by molar-refractivity contribution is 0.306. The Morgan fingerprint density at radius 3 is 2.56 bits per heavy atom.